The van der Waals surface area contributed by atoms with Gasteiger partial charge in [-0.25, -0.2) is 0 Å². The average Bonchev–Trinajstić information content (AvgIpc) is 3.41. The maximum Gasteiger partial charge on any atom is 0.249 e. The molecule has 9 unspecified atom stereocenters. The Morgan fingerprint density at radius 2 is 0.693 bits per heavy atom. The van der Waals surface area contributed by atoms with Crippen LogP contribution in [-0.4, -0.2) is 110 Å². The third-order valence-electron chi connectivity index (χ3n) is 16.4. The van der Waals surface area contributed by atoms with E-state index in [2.05, 4.69) is 19.2 Å². The first-order chi connectivity index (χ1) is 36.7. The lowest BCUT2D eigenvalue weighted by atomic mass is 9.98. The zero-order valence-electron chi connectivity index (χ0n) is 49.3. The van der Waals surface area contributed by atoms with E-state index in [9.17, 15) is 40.5 Å². The molecule has 0 saturated carbocycles. The number of aliphatic hydroxyl groups is 7. The molecule has 0 radical (unpaired) electrons. The Labute approximate surface area is 462 Å². The summed E-state index contributed by atoms with van der Waals surface area (Å²) in [7, 11) is 0. The summed E-state index contributed by atoms with van der Waals surface area (Å²) in [6, 6.07) is -1.16. The van der Waals surface area contributed by atoms with Crippen molar-refractivity contribution < 1.29 is 50.0 Å². The molecule has 448 valence electrons. The summed E-state index contributed by atoms with van der Waals surface area (Å²) >= 11 is 0. The predicted molar refractivity (Wildman–Crippen MR) is 312 cm³/mol. The zero-order valence-corrected chi connectivity index (χ0v) is 49.3. The normalized spacial score (nSPS) is 19.6. The number of ether oxygens (including phenoxy) is 2. The van der Waals surface area contributed by atoms with Gasteiger partial charge < -0.3 is 50.5 Å². The van der Waals surface area contributed by atoms with Crippen molar-refractivity contribution in [3.8, 4) is 0 Å². The SMILES string of the molecule is CCCCCCCCCCCCCCCCCCCCCCCCCCCCCCCCCC(O)C(O)C(COC1OC(CO)C(O)C(O)C1O)NC(=O)C(O)CCCCCCCCCCCCCCCCCCC. The van der Waals surface area contributed by atoms with E-state index in [0.717, 1.165) is 38.5 Å². The lowest BCUT2D eigenvalue weighted by molar-refractivity contribution is -0.303. The fourth-order valence-corrected chi connectivity index (χ4v) is 11.1. The molecule has 1 amide bonds. The summed E-state index contributed by atoms with van der Waals surface area (Å²) in [5.41, 5.74) is 0. The van der Waals surface area contributed by atoms with Gasteiger partial charge in [-0.15, -0.1) is 0 Å². The number of carbonyl (C=O) groups excluding carboxylic acids is 1. The number of hydrogen-bond donors (Lipinski definition) is 8. The number of hydrogen-bond acceptors (Lipinski definition) is 10. The first-order valence-electron chi connectivity index (χ1n) is 32.9. The van der Waals surface area contributed by atoms with Crippen LogP contribution in [0.3, 0.4) is 0 Å². The second-order valence-corrected chi connectivity index (χ2v) is 23.6. The van der Waals surface area contributed by atoms with E-state index in [-0.39, 0.29) is 6.42 Å². The van der Waals surface area contributed by atoms with Crippen LogP contribution in [0.4, 0.5) is 0 Å². The maximum atomic E-state index is 13.2. The lowest BCUT2D eigenvalue weighted by Gasteiger charge is -2.40. The lowest BCUT2D eigenvalue weighted by Crippen LogP contribution is -2.60. The molecule has 0 spiro atoms. The van der Waals surface area contributed by atoms with Crippen molar-refractivity contribution >= 4 is 5.91 Å². The van der Waals surface area contributed by atoms with Crippen LogP contribution in [0.5, 0.6) is 0 Å². The largest absolute Gasteiger partial charge is 0.394 e. The number of unbranched alkanes of at least 4 members (excludes halogenated alkanes) is 46. The summed E-state index contributed by atoms with van der Waals surface area (Å²) in [5, 5.41) is 76.3. The Balaban J connectivity index is 2.19. The van der Waals surface area contributed by atoms with Crippen LogP contribution in [0.1, 0.15) is 335 Å². The monoisotopic (exact) mass is 1070 g/mol. The molecule has 0 bridgehead atoms. The molecule has 1 heterocycles. The van der Waals surface area contributed by atoms with Crippen LogP contribution in [0.2, 0.25) is 0 Å². The number of rotatable bonds is 58. The standard InChI is InChI=1S/C64H127NO10/c1-3-5-7-9-11-13-15-17-19-21-22-23-24-25-26-27-28-29-30-31-32-33-34-36-37-39-41-43-45-47-49-51-56(67)59(69)55(54-74-64-62(72)61(71)60(70)58(53-66)75-64)65-63(73)57(68)52-50-48-46-44-42-40-38-35-20-18-16-14-12-10-8-6-4-2/h55-62,64,66-72H,3-54H2,1-2H3,(H,65,73). The van der Waals surface area contributed by atoms with Crippen LogP contribution >= 0.6 is 0 Å². The highest BCUT2D eigenvalue weighted by Gasteiger charge is 2.44. The van der Waals surface area contributed by atoms with Crippen LogP contribution in [0.25, 0.3) is 0 Å². The number of nitrogens with one attached hydrogen (secondary N) is 1. The molecule has 9 atom stereocenters. The fourth-order valence-electron chi connectivity index (χ4n) is 11.1. The molecule has 1 fully saturated rings. The van der Waals surface area contributed by atoms with Gasteiger partial charge in [0.15, 0.2) is 6.29 Å². The molecule has 0 aromatic rings. The molecular weight excluding hydrogens is 943 g/mol. The number of amides is 1. The molecule has 1 rings (SSSR count). The predicted octanol–water partition coefficient (Wildman–Crippen LogP) is 14.9. The summed E-state index contributed by atoms with van der Waals surface area (Å²) in [6.45, 7) is 3.51. The van der Waals surface area contributed by atoms with Gasteiger partial charge in [0, 0.05) is 0 Å². The van der Waals surface area contributed by atoms with Gasteiger partial charge in [0.25, 0.3) is 0 Å². The van der Waals surface area contributed by atoms with Gasteiger partial charge in [-0.3, -0.25) is 4.79 Å². The first kappa shape index (κ1) is 72.1. The Hall–Kier alpha value is -0.890. The zero-order chi connectivity index (χ0) is 54.7. The van der Waals surface area contributed by atoms with Gasteiger partial charge in [-0.05, 0) is 12.8 Å². The van der Waals surface area contributed by atoms with Crippen LogP contribution in [0.15, 0.2) is 0 Å². The van der Waals surface area contributed by atoms with Crippen molar-refractivity contribution in [2.75, 3.05) is 13.2 Å². The van der Waals surface area contributed by atoms with Gasteiger partial charge >= 0.3 is 0 Å². The van der Waals surface area contributed by atoms with E-state index in [1.807, 2.05) is 0 Å². The van der Waals surface area contributed by atoms with Gasteiger partial charge in [0.2, 0.25) is 5.91 Å². The molecule has 11 nitrogen and oxygen atoms in total. The van der Waals surface area contributed by atoms with Gasteiger partial charge in [0.05, 0.1) is 25.4 Å². The topological polar surface area (TPSA) is 189 Å². The minimum atomic E-state index is -1.66. The first-order valence-corrected chi connectivity index (χ1v) is 32.9. The third-order valence-corrected chi connectivity index (χ3v) is 16.4. The molecule has 1 aliphatic heterocycles. The van der Waals surface area contributed by atoms with Gasteiger partial charge in [-0.2, -0.15) is 0 Å². The second kappa shape index (κ2) is 53.7. The molecule has 11 heteroatoms. The molecular formula is C64H127NO10. The van der Waals surface area contributed by atoms with E-state index >= 15 is 0 Å². The minimum Gasteiger partial charge on any atom is -0.394 e. The molecule has 0 aromatic heterocycles. The summed E-state index contributed by atoms with van der Waals surface area (Å²) in [6.07, 6.45) is 51.8. The van der Waals surface area contributed by atoms with E-state index in [1.54, 1.807) is 0 Å². The van der Waals surface area contributed by atoms with Crippen molar-refractivity contribution in [2.24, 2.45) is 0 Å². The molecule has 0 aromatic carbocycles. The van der Waals surface area contributed by atoms with Gasteiger partial charge in [-0.1, -0.05) is 322 Å². The molecule has 75 heavy (non-hydrogen) atoms. The molecule has 8 N–H and O–H groups in total. The quantitative estimate of drug-likeness (QED) is 0.0272. The highest BCUT2D eigenvalue weighted by Crippen LogP contribution is 2.24. The minimum absolute atomic E-state index is 0.267. The maximum absolute atomic E-state index is 13.2. The highest BCUT2D eigenvalue weighted by molar-refractivity contribution is 5.80. The third kappa shape index (κ3) is 41.7. The van der Waals surface area contributed by atoms with Crippen LogP contribution < -0.4 is 5.32 Å². The molecule has 1 saturated heterocycles. The van der Waals surface area contributed by atoms with Crippen molar-refractivity contribution in [2.45, 2.75) is 390 Å². The van der Waals surface area contributed by atoms with E-state index < -0.39 is 74.2 Å². The van der Waals surface area contributed by atoms with Crippen molar-refractivity contribution in [1.29, 1.82) is 0 Å². The molecule has 0 aliphatic carbocycles. The average molecular weight is 1070 g/mol. The Bertz CT molecular complexity index is 1180. The van der Waals surface area contributed by atoms with Gasteiger partial charge in [0.1, 0.15) is 36.6 Å². The molecule has 1 aliphatic rings. The highest BCUT2D eigenvalue weighted by atomic mass is 16.7. The van der Waals surface area contributed by atoms with Crippen molar-refractivity contribution in [3.05, 3.63) is 0 Å². The second-order valence-electron chi connectivity index (χ2n) is 23.6. The Kier molecular flexibility index (Phi) is 51.7. The summed E-state index contributed by atoms with van der Waals surface area (Å²) in [4.78, 5) is 13.2. The fraction of sp³-hybridized carbons (Fsp3) is 0.984. The smallest absolute Gasteiger partial charge is 0.249 e. The summed E-state index contributed by atoms with van der Waals surface area (Å²) in [5.74, 6) is -0.689. The van der Waals surface area contributed by atoms with E-state index in [1.165, 1.54) is 257 Å². The van der Waals surface area contributed by atoms with Crippen LogP contribution in [0, 0.1) is 0 Å². The summed E-state index contributed by atoms with van der Waals surface area (Å²) < 4.78 is 11.2. The van der Waals surface area contributed by atoms with Crippen LogP contribution in [-0.2, 0) is 14.3 Å². The van der Waals surface area contributed by atoms with E-state index in [0.29, 0.717) is 19.3 Å². The number of aliphatic hydroxyl groups excluding tert-OH is 7. The van der Waals surface area contributed by atoms with Crippen molar-refractivity contribution in [3.63, 3.8) is 0 Å². The number of carbonyl (C=O) groups is 1. The van der Waals surface area contributed by atoms with E-state index in [4.69, 9.17) is 9.47 Å². The Morgan fingerprint density at radius 1 is 0.413 bits per heavy atom. The van der Waals surface area contributed by atoms with Crippen molar-refractivity contribution in [1.82, 2.24) is 5.32 Å². The Morgan fingerprint density at radius 3 is 0.987 bits per heavy atom.